The molecule has 2 aromatic carbocycles. The van der Waals surface area contributed by atoms with Gasteiger partial charge in [0.25, 0.3) is 0 Å². The van der Waals surface area contributed by atoms with E-state index in [1.54, 1.807) is 41.3 Å². The highest BCUT2D eigenvalue weighted by molar-refractivity contribution is 6.04. The molecule has 1 aliphatic rings. The third-order valence-electron chi connectivity index (χ3n) is 4.86. The van der Waals surface area contributed by atoms with Crippen LogP contribution >= 0.6 is 0 Å². The highest BCUT2D eigenvalue weighted by atomic mass is 16.5. The van der Waals surface area contributed by atoms with Crippen LogP contribution in [-0.2, 0) is 9.59 Å². The van der Waals surface area contributed by atoms with Gasteiger partial charge in [0.2, 0.25) is 11.8 Å². The Hall–Kier alpha value is -3.75. The van der Waals surface area contributed by atoms with Gasteiger partial charge in [-0.2, -0.15) is 0 Å². The summed E-state index contributed by atoms with van der Waals surface area (Å²) in [6.45, 7) is 0.252. The molecule has 0 saturated carbocycles. The van der Waals surface area contributed by atoms with Crippen molar-refractivity contribution >= 4 is 34.3 Å². The Morgan fingerprint density at radius 3 is 2.69 bits per heavy atom. The molecular weight excluding hydrogens is 378 g/mol. The Morgan fingerprint density at radius 2 is 1.93 bits per heavy atom. The number of H-pyrrole nitrogens is 1. The lowest BCUT2D eigenvalue weighted by molar-refractivity contribution is -0.122. The number of amides is 2. The number of benzene rings is 2. The fourth-order valence-electron chi connectivity index (χ4n) is 3.39. The van der Waals surface area contributed by atoms with Crippen LogP contribution in [0.3, 0.4) is 0 Å². The number of hydrogen-bond donors (Lipinski definition) is 2. The molecule has 1 fully saturated rings. The first-order valence-electron chi connectivity index (χ1n) is 8.94. The Kier molecular flexibility index (Phi) is 4.71. The van der Waals surface area contributed by atoms with Crippen molar-refractivity contribution in [3.63, 3.8) is 0 Å². The molecule has 29 heavy (non-hydrogen) atoms. The maximum atomic E-state index is 12.7. The lowest BCUT2D eigenvalue weighted by Crippen LogP contribution is -2.28. The number of rotatable bonds is 5. The zero-order valence-electron chi connectivity index (χ0n) is 15.9. The summed E-state index contributed by atoms with van der Waals surface area (Å²) in [4.78, 5) is 40.5. The summed E-state index contributed by atoms with van der Waals surface area (Å²) in [6, 6.07) is 10.0. The van der Waals surface area contributed by atoms with Crippen LogP contribution in [0.4, 0.5) is 11.4 Å². The molecule has 2 amide bonds. The molecule has 2 N–H and O–H groups in total. The number of carbonyl (C=O) groups is 2. The van der Waals surface area contributed by atoms with E-state index in [0.717, 1.165) is 0 Å². The molecule has 9 nitrogen and oxygen atoms in total. The van der Waals surface area contributed by atoms with Crippen LogP contribution < -0.4 is 25.4 Å². The second-order valence-corrected chi connectivity index (χ2v) is 6.66. The summed E-state index contributed by atoms with van der Waals surface area (Å²) in [7, 11) is 3.06. The van der Waals surface area contributed by atoms with Gasteiger partial charge in [0.05, 0.1) is 25.7 Å². The van der Waals surface area contributed by atoms with Gasteiger partial charge >= 0.3 is 5.76 Å². The van der Waals surface area contributed by atoms with Gasteiger partial charge in [-0.3, -0.25) is 14.6 Å². The van der Waals surface area contributed by atoms with E-state index in [4.69, 9.17) is 13.9 Å². The second kappa shape index (κ2) is 7.34. The van der Waals surface area contributed by atoms with E-state index in [2.05, 4.69) is 10.3 Å². The largest absolute Gasteiger partial charge is 0.493 e. The van der Waals surface area contributed by atoms with Gasteiger partial charge in [-0.15, -0.1) is 0 Å². The van der Waals surface area contributed by atoms with Crippen molar-refractivity contribution in [2.75, 3.05) is 31.0 Å². The molecule has 1 aliphatic heterocycles. The highest BCUT2D eigenvalue weighted by Crippen LogP contribution is 2.34. The minimum atomic E-state index is -0.560. The fraction of sp³-hybridized carbons (Fsp3) is 0.250. The Bertz CT molecular complexity index is 1150. The van der Waals surface area contributed by atoms with Gasteiger partial charge in [0, 0.05) is 36.5 Å². The van der Waals surface area contributed by atoms with Crippen LogP contribution in [0, 0.1) is 5.92 Å². The van der Waals surface area contributed by atoms with Crippen LogP contribution in [-0.4, -0.2) is 37.6 Å². The molecule has 1 unspecified atom stereocenters. The van der Waals surface area contributed by atoms with Crippen molar-refractivity contribution in [2.24, 2.45) is 5.92 Å². The lowest BCUT2D eigenvalue weighted by Gasteiger charge is -2.18. The van der Waals surface area contributed by atoms with Crippen LogP contribution in [0.5, 0.6) is 11.5 Å². The maximum absolute atomic E-state index is 12.7. The van der Waals surface area contributed by atoms with Crippen molar-refractivity contribution in [1.29, 1.82) is 0 Å². The molecule has 1 saturated heterocycles. The molecular formula is C20H19N3O6. The number of ether oxygens (including phenoxy) is 2. The molecule has 0 aliphatic carbocycles. The number of anilines is 2. The van der Waals surface area contributed by atoms with Gasteiger partial charge in [-0.05, 0) is 24.3 Å². The van der Waals surface area contributed by atoms with Crippen LogP contribution in [0.1, 0.15) is 6.42 Å². The fourth-order valence-corrected chi connectivity index (χ4v) is 3.39. The minimum Gasteiger partial charge on any atom is -0.493 e. The maximum Gasteiger partial charge on any atom is 0.417 e. The predicted molar refractivity (Wildman–Crippen MR) is 105 cm³/mol. The van der Waals surface area contributed by atoms with Crippen LogP contribution in [0.2, 0.25) is 0 Å². The normalized spacial score (nSPS) is 16.3. The molecule has 150 valence electrons. The smallest absolute Gasteiger partial charge is 0.417 e. The molecule has 2 heterocycles. The number of oxazole rings is 1. The first-order chi connectivity index (χ1) is 14.0. The SMILES string of the molecule is COc1ccc(N2CC(C(=O)Nc3ccc4[nH]c(=O)oc4c3)CC2=O)cc1OC. The first kappa shape index (κ1) is 18.6. The Morgan fingerprint density at radius 1 is 1.14 bits per heavy atom. The van der Waals surface area contributed by atoms with E-state index in [1.165, 1.54) is 14.2 Å². The third kappa shape index (κ3) is 3.54. The number of aromatic amines is 1. The average Bonchev–Trinajstić information content (AvgIpc) is 3.28. The number of nitrogens with one attached hydrogen (secondary N) is 2. The Balaban J connectivity index is 1.49. The van der Waals surface area contributed by atoms with Gasteiger partial charge in [-0.25, -0.2) is 4.79 Å². The van der Waals surface area contributed by atoms with E-state index in [9.17, 15) is 14.4 Å². The van der Waals surface area contributed by atoms with Gasteiger partial charge in [0.15, 0.2) is 17.1 Å². The molecule has 0 spiro atoms. The van der Waals surface area contributed by atoms with E-state index >= 15 is 0 Å². The van der Waals surface area contributed by atoms with E-state index in [1.807, 2.05) is 0 Å². The zero-order chi connectivity index (χ0) is 20.5. The Labute approximate surface area is 165 Å². The summed E-state index contributed by atoms with van der Waals surface area (Å²) in [5, 5.41) is 2.78. The lowest BCUT2D eigenvalue weighted by atomic mass is 10.1. The van der Waals surface area contributed by atoms with Crippen LogP contribution in [0.25, 0.3) is 11.1 Å². The number of carbonyl (C=O) groups excluding carboxylic acids is 2. The van der Waals surface area contributed by atoms with Crippen LogP contribution in [0.15, 0.2) is 45.6 Å². The quantitative estimate of drug-likeness (QED) is 0.682. The van der Waals surface area contributed by atoms with Gasteiger partial charge in [0.1, 0.15) is 0 Å². The predicted octanol–water partition coefficient (Wildman–Crippen LogP) is 2.13. The molecule has 9 heteroatoms. The van der Waals surface area contributed by atoms with Crippen molar-refractivity contribution < 1.29 is 23.5 Å². The van der Waals surface area contributed by atoms with Crippen molar-refractivity contribution in [2.45, 2.75) is 6.42 Å². The molecule has 0 radical (unpaired) electrons. The molecule has 1 aromatic heterocycles. The summed E-state index contributed by atoms with van der Waals surface area (Å²) < 4.78 is 15.5. The zero-order valence-corrected chi connectivity index (χ0v) is 15.9. The van der Waals surface area contributed by atoms with Crippen molar-refractivity contribution in [1.82, 2.24) is 4.98 Å². The second-order valence-electron chi connectivity index (χ2n) is 6.66. The average molecular weight is 397 g/mol. The molecule has 4 rings (SSSR count). The van der Waals surface area contributed by atoms with E-state index in [-0.39, 0.29) is 24.8 Å². The monoisotopic (exact) mass is 397 g/mol. The molecule has 0 bridgehead atoms. The highest BCUT2D eigenvalue weighted by Gasteiger charge is 2.35. The summed E-state index contributed by atoms with van der Waals surface area (Å²) in [6.07, 6.45) is 0.0989. The molecule has 3 aromatic rings. The first-order valence-corrected chi connectivity index (χ1v) is 8.94. The summed E-state index contributed by atoms with van der Waals surface area (Å²) in [5.41, 5.74) is 2.02. The number of aromatic nitrogens is 1. The number of nitrogens with zero attached hydrogens (tertiary/aromatic N) is 1. The number of methoxy groups -OCH3 is 2. The number of fused-ring (bicyclic) bond motifs is 1. The topological polar surface area (TPSA) is 114 Å². The summed E-state index contributed by atoms with van der Waals surface area (Å²) in [5.74, 6) is -0.432. The minimum absolute atomic E-state index is 0.0989. The summed E-state index contributed by atoms with van der Waals surface area (Å²) >= 11 is 0. The third-order valence-corrected chi connectivity index (χ3v) is 4.86. The standard InChI is InChI=1S/C20H19N3O6/c1-27-15-6-4-13(9-17(15)28-2)23-10-11(7-18(23)24)19(25)21-12-3-5-14-16(8-12)29-20(26)22-14/h3-6,8-9,11H,7,10H2,1-2H3,(H,21,25)(H,22,26). The van der Waals surface area contributed by atoms with Crippen molar-refractivity contribution in [3.05, 3.63) is 46.9 Å². The number of hydrogen-bond acceptors (Lipinski definition) is 6. The van der Waals surface area contributed by atoms with Gasteiger partial charge in [-0.1, -0.05) is 0 Å². The van der Waals surface area contributed by atoms with Crippen molar-refractivity contribution in [3.8, 4) is 11.5 Å². The van der Waals surface area contributed by atoms with Gasteiger partial charge < -0.3 is 24.1 Å². The van der Waals surface area contributed by atoms with E-state index < -0.39 is 11.7 Å². The molecule has 1 atom stereocenters. The van der Waals surface area contributed by atoms with E-state index in [0.29, 0.717) is 34.0 Å².